The maximum atomic E-state index is 6.04. The van der Waals surface area contributed by atoms with Gasteiger partial charge in [0.15, 0.2) is 0 Å². The zero-order chi connectivity index (χ0) is 10.8. The van der Waals surface area contributed by atoms with Crippen molar-refractivity contribution in [2.45, 2.75) is 6.92 Å². The van der Waals surface area contributed by atoms with Gasteiger partial charge in [-0.1, -0.05) is 11.6 Å². The Bertz CT molecular complexity index is 459. The first kappa shape index (κ1) is 10.1. The van der Waals surface area contributed by atoms with Gasteiger partial charge in [-0.25, -0.2) is 4.68 Å². The van der Waals surface area contributed by atoms with Crippen molar-refractivity contribution >= 4 is 17.3 Å². The van der Waals surface area contributed by atoms with E-state index in [-0.39, 0.29) is 0 Å². The summed E-state index contributed by atoms with van der Waals surface area (Å²) in [5.74, 6) is 0. The van der Waals surface area contributed by atoms with Gasteiger partial charge in [-0.2, -0.15) is 5.10 Å². The quantitative estimate of drug-likeness (QED) is 0.845. The molecule has 0 bridgehead atoms. The molecule has 0 atom stereocenters. The summed E-state index contributed by atoms with van der Waals surface area (Å²) in [4.78, 5) is 0. The minimum atomic E-state index is 0.629. The lowest BCUT2D eigenvalue weighted by Gasteiger charge is -2.04. The Hall–Kier alpha value is -1.48. The Morgan fingerprint density at radius 3 is 2.40 bits per heavy atom. The van der Waals surface area contributed by atoms with Crippen LogP contribution >= 0.6 is 11.6 Å². The molecule has 0 saturated heterocycles. The molecule has 0 radical (unpaired) electrons. The maximum absolute atomic E-state index is 6.04. The molecule has 0 aliphatic heterocycles. The Morgan fingerprint density at radius 1 is 1.27 bits per heavy atom. The highest BCUT2D eigenvalue weighted by atomic mass is 35.5. The number of nitrogens with zero attached hydrogens (tertiary/aromatic N) is 2. The highest BCUT2D eigenvalue weighted by Crippen LogP contribution is 2.18. The predicted octanol–water partition coefficient (Wildman–Crippen LogP) is 2.88. The minimum Gasteiger partial charge on any atom is -0.388 e. The van der Waals surface area contributed by atoms with Crippen molar-refractivity contribution in [3.63, 3.8) is 0 Å². The zero-order valence-corrected chi connectivity index (χ0v) is 9.42. The number of benzene rings is 1. The fourth-order valence-corrected chi connectivity index (χ4v) is 1.71. The molecule has 0 unspecified atom stereocenters. The fourth-order valence-electron chi connectivity index (χ4n) is 1.42. The molecule has 3 nitrogen and oxygen atoms in total. The number of hydrogen-bond acceptors (Lipinski definition) is 2. The molecule has 0 aliphatic rings. The first-order chi connectivity index (χ1) is 7.20. The van der Waals surface area contributed by atoms with Gasteiger partial charge in [-0.05, 0) is 37.3 Å². The number of aromatic nitrogens is 2. The van der Waals surface area contributed by atoms with E-state index < -0.39 is 0 Å². The van der Waals surface area contributed by atoms with Crippen LogP contribution in [0, 0.1) is 6.92 Å². The molecule has 1 heterocycles. The zero-order valence-electron chi connectivity index (χ0n) is 8.66. The van der Waals surface area contributed by atoms with E-state index in [1.165, 1.54) is 0 Å². The van der Waals surface area contributed by atoms with E-state index in [0.29, 0.717) is 5.15 Å². The number of rotatable bonds is 2. The van der Waals surface area contributed by atoms with Crippen LogP contribution in [0.3, 0.4) is 0 Å². The molecular weight excluding hydrogens is 210 g/mol. The van der Waals surface area contributed by atoms with Crippen molar-refractivity contribution < 1.29 is 0 Å². The van der Waals surface area contributed by atoms with E-state index in [2.05, 4.69) is 10.4 Å². The van der Waals surface area contributed by atoms with Crippen molar-refractivity contribution in [2.75, 3.05) is 12.4 Å². The Morgan fingerprint density at radius 2 is 1.93 bits per heavy atom. The summed E-state index contributed by atoms with van der Waals surface area (Å²) >= 11 is 6.04. The average molecular weight is 222 g/mol. The molecule has 2 rings (SSSR count). The summed E-state index contributed by atoms with van der Waals surface area (Å²) in [5.41, 5.74) is 2.95. The molecule has 0 aliphatic carbocycles. The molecule has 1 N–H and O–H groups in total. The normalized spacial score (nSPS) is 10.3. The monoisotopic (exact) mass is 221 g/mol. The molecule has 78 valence electrons. The summed E-state index contributed by atoms with van der Waals surface area (Å²) < 4.78 is 1.72. The summed E-state index contributed by atoms with van der Waals surface area (Å²) in [6, 6.07) is 9.77. The van der Waals surface area contributed by atoms with Crippen LogP contribution in [-0.4, -0.2) is 16.8 Å². The standard InChI is InChI=1S/C11H12ClN3/c1-8-7-11(12)15(14-8)10-5-3-9(13-2)4-6-10/h3-7,13H,1-2H3. The van der Waals surface area contributed by atoms with Gasteiger partial charge in [0.2, 0.25) is 0 Å². The van der Waals surface area contributed by atoms with Crippen molar-refractivity contribution in [3.8, 4) is 5.69 Å². The highest BCUT2D eigenvalue weighted by molar-refractivity contribution is 6.29. The van der Waals surface area contributed by atoms with Crippen LogP contribution in [0.1, 0.15) is 5.69 Å². The average Bonchev–Trinajstić information content (AvgIpc) is 2.58. The second kappa shape index (κ2) is 3.95. The first-order valence-corrected chi connectivity index (χ1v) is 5.09. The highest BCUT2D eigenvalue weighted by Gasteiger charge is 2.04. The van der Waals surface area contributed by atoms with E-state index >= 15 is 0 Å². The lowest BCUT2D eigenvalue weighted by atomic mass is 10.3. The van der Waals surface area contributed by atoms with Crippen molar-refractivity contribution in [1.82, 2.24) is 9.78 Å². The molecule has 2 aromatic rings. The number of nitrogens with one attached hydrogen (secondary N) is 1. The maximum Gasteiger partial charge on any atom is 0.133 e. The van der Waals surface area contributed by atoms with E-state index in [1.54, 1.807) is 4.68 Å². The molecule has 4 heteroatoms. The van der Waals surface area contributed by atoms with Gasteiger partial charge in [-0.15, -0.1) is 0 Å². The van der Waals surface area contributed by atoms with Gasteiger partial charge >= 0.3 is 0 Å². The van der Waals surface area contributed by atoms with Crippen LogP contribution in [0.15, 0.2) is 30.3 Å². The smallest absolute Gasteiger partial charge is 0.133 e. The first-order valence-electron chi connectivity index (χ1n) is 4.71. The molecule has 1 aromatic heterocycles. The lowest BCUT2D eigenvalue weighted by molar-refractivity contribution is 0.863. The van der Waals surface area contributed by atoms with Gasteiger partial charge < -0.3 is 5.32 Å². The number of aryl methyl sites for hydroxylation is 1. The third-order valence-electron chi connectivity index (χ3n) is 2.19. The van der Waals surface area contributed by atoms with E-state index in [4.69, 9.17) is 11.6 Å². The number of anilines is 1. The summed E-state index contributed by atoms with van der Waals surface area (Å²) in [7, 11) is 1.89. The summed E-state index contributed by atoms with van der Waals surface area (Å²) in [5, 5.41) is 7.99. The topological polar surface area (TPSA) is 29.9 Å². The second-order valence-corrected chi connectivity index (χ2v) is 3.70. The molecule has 15 heavy (non-hydrogen) atoms. The second-order valence-electron chi connectivity index (χ2n) is 3.32. The Labute approximate surface area is 93.7 Å². The summed E-state index contributed by atoms with van der Waals surface area (Å²) in [6.45, 7) is 1.92. The summed E-state index contributed by atoms with van der Waals surface area (Å²) in [6.07, 6.45) is 0. The number of hydrogen-bond donors (Lipinski definition) is 1. The van der Waals surface area contributed by atoms with E-state index in [0.717, 1.165) is 17.1 Å². The van der Waals surface area contributed by atoms with Crippen LogP contribution in [0.4, 0.5) is 5.69 Å². The van der Waals surface area contributed by atoms with Crippen LogP contribution in [0.2, 0.25) is 5.15 Å². The van der Waals surface area contributed by atoms with Crippen LogP contribution in [0.25, 0.3) is 5.69 Å². The van der Waals surface area contributed by atoms with Crippen LogP contribution < -0.4 is 5.32 Å². The molecule has 0 spiro atoms. The SMILES string of the molecule is CNc1ccc(-n2nc(C)cc2Cl)cc1. The Balaban J connectivity index is 2.41. The van der Waals surface area contributed by atoms with Crippen LogP contribution in [-0.2, 0) is 0 Å². The van der Waals surface area contributed by atoms with Gasteiger partial charge in [-0.3, -0.25) is 0 Å². The van der Waals surface area contributed by atoms with Crippen molar-refractivity contribution in [3.05, 3.63) is 41.2 Å². The third kappa shape index (κ3) is 1.97. The molecule has 0 amide bonds. The molecule has 1 aromatic carbocycles. The third-order valence-corrected chi connectivity index (χ3v) is 2.46. The van der Waals surface area contributed by atoms with Gasteiger partial charge in [0.1, 0.15) is 5.15 Å². The van der Waals surface area contributed by atoms with Gasteiger partial charge in [0, 0.05) is 12.7 Å². The molecule has 0 fully saturated rings. The molecular formula is C11H12ClN3. The Kier molecular flexibility index (Phi) is 2.64. The minimum absolute atomic E-state index is 0.629. The van der Waals surface area contributed by atoms with Crippen molar-refractivity contribution in [1.29, 1.82) is 0 Å². The molecule has 0 saturated carbocycles. The van der Waals surface area contributed by atoms with Crippen LogP contribution in [0.5, 0.6) is 0 Å². The predicted molar refractivity (Wildman–Crippen MR) is 62.9 cm³/mol. The van der Waals surface area contributed by atoms with E-state index in [9.17, 15) is 0 Å². The van der Waals surface area contributed by atoms with Gasteiger partial charge in [0.05, 0.1) is 11.4 Å². The van der Waals surface area contributed by atoms with E-state index in [1.807, 2.05) is 44.3 Å². The largest absolute Gasteiger partial charge is 0.388 e. The van der Waals surface area contributed by atoms with Gasteiger partial charge in [0.25, 0.3) is 0 Å². The number of halogens is 1. The fraction of sp³-hybridized carbons (Fsp3) is 0.182. The lowest BCUT2D eigenvalue weighted by Crippen LogP contribution is -1.97. The van der Waals surface area contributed by atoms with Crippen molar-refractivity contribution in [2.24, 2.45) is 0 Å².